The maximum atomic E-state index is 12.8. The van der Waals surface area contributed by atoms with Gasteiger partial charge in [0.2, 0.25) is 11.1 Å². The first kappa shape index (κ1) is 20.4. The highest BCUT2D eigenvalue weighted by atomic mass is 35.5. The van der Waals surface area contributed by atoms with Crippen LogP contribution in [0.2, 0.25) is 5.02 Å². The summed E-state index contributed by atoms with van der Waals surface area (Å²) in [5.41, 5.74) is 2.78. The summed E-state index contributed by atoms with van der Waals surface area (Å²) < 4.78 is 1.60. The Bertz CT molecular complexity index is 944. The first-order chi connectivity index (χ1) is 13.5. The van der Waals surface area contributed by atoms with Crippen LogP contribution in [-0.4, -0.2) is 31.4 Å². The molecule has 0 aliphatic heterocycles. The summed E-state index contributed by atoms with van der Waals surface area (Å²) in [4.78, 5) is 12.8. The van der Waals surface area contributed by atoms with E-state index in [0.717, 1.165) is 23.4 Å². The van der Waals surface area contributed by atoms with Crippen molar-refractivity contribution in [1.82, 2.24) is 20.2 Å². The van der Waals surface area contributed by atoms with Gasteiger partial charge in [-0.25, -0.2) is 0 Å². The number of anilines is 1. The van der Waals surface area contributed by atoms with E-state index in [-0.39, 0.29) is 11.2 Å². The van der Waals surface area contributed by atoms with Gasteiger partial charge >= 0.3 is 0 Å². The van der Waals surface area contributed by atoms with Crippen molar-refractivity contribution in [2.75, 3.05) is 5.32 Å². The largest absolute Gasteiger partial charge is 0.325 e. The summed E-state index contributed by atoms with van der Waals surface area (Å²) >= 11 is 7.25. The number of rotatable bonds is 7. The van der Waals surface area contributed by atoms with Crippen LogP contribution in [0, 0.1) is 0 Å². The van der Waals surface area contributed by atoms with Crippen LogP contribution in [0.3, 0.4) is 0 Å². The third-order valence-corrected chi connectivity index (χ3v) is 5.81. The lowest BCUT2D eigenvalue weighted by atomic mass is 9.97. The van der Waals surface area contributed by atoms with E-state index in [0.29, 0.717) is 16.1 Å². The average molecular weight is 416 g/mol. The summed E-state index contributed by atoms with van der Waals surface area (Å²) in [5.74, 6) is 0.281. The molecule has 8 heteroatoms. The van der Waals surface area contributed by atoms with Crippen LogP contribution < -0.4 is 5.32 Å². The predicted octanol–water partition coefficient (Wildman–Crippen LogP) is 4.95. The molecule has 0 unspecified atom stereocenters. The molecule has 2 aromatic carbocycles. The summed E-state index contributed by atoms with van der Waals surface area (Å²) in [6.07, 6.45) is 1.01. The molecule has 146 valence electrons. The fourth-order valence-corrected chi connectivity index (χ4v) is 3.64. The first-order valence-electron chi connectivity index (χ1n) is 9.10. The topological polar surface area (TPSA) is 72.7 Å². The van der Waals surface area contributed by atoms with Gasteiger partial charge in [-0.15, -0.1) is 5.10 Å². The molecule has 0 aliphatic rings. The van der Waals surface area contributed by atoms with Crippen molar-refractivity contribution >= 4 is 35.0 Å². The van der Waals surface area contributed by atoms with Crippen LogP contribution in [-0.2, 0) is 4.79 Å². The lowest BCUT2D eigenvalue weighted by Gasteiger charge is -2.17. The van der Waals surface area contributed by atoms with Crippen molar-refractivity contribution < 1.29 is 4.79 Å². The van der Waals surface area contributed by atoms with Crippen LogP contribution in [0.1, 0.15) is 38.7 Å². The first-order valence-corrected chi connectivity index (χ1v) is 10.4. The molecule has 0 saturated carbocycles. The average Bonchev–Trinajstić information content (AvgIpc) is 3.16. The summed E-state index contributed by atoms with van der Waals surface area (Å²) in [7, 11) is 0. The van der Waals surface area contributed by atoms with Gasteiger partial charge in [0.1, 0.15) is 0 Å². The lowest BCUT2D eigenvalue weighted by Crippen LogP contribution is -2.23. The SMILES string of the molecule is CC[C@H](C)c1ccccc1NC(=O)[C@H](C)Sc1nnnn1-c1ccc(Cl)cc1. The minimum Gasteiger partial charge on any atom is -0.325 e. The van der Waals surface area contributed by atoms with Gasteiger partial charge < -0.3 is 5.32 Å². The highest BCUT2D eigenvalue weighted by molar-refractivity contribution is 8.00. The second kappa shape index (κ2) is 9.21. The Balaban J connectivity index is 1.73. The van der Waals surface area contributed by atoms with Gasteiger partial charge in [-0.05, 0) is 65.6 Å². The third kappa shape index (κ3) is 4.72. The predicted molar refractivity (Wildman–Crippen MR) is 113 cm³/mol. The van der Waals surface area contributed by atoms with Crippen LogP contribution >= 0.6 is 23.4 Å². The molecule has 0 aliphatic carbocycles. The number of tetrazole rings is 1. The summed E-state index contributed by atoms with van der Waals surface area (Å²) in [5, 5.41) is 15.7. The zero-order valence-electron chi connectivity index (χ0n) is 16.0. The quantitative estimate of drug-likeness (QED) is 0.553. The maximum Gasteiger partial charge on any atom is 0.237 e. The van der Waals surface area contributed by atoms with Gasteiger partial charge in [0, 0.05) is 10.7 Å². The molecule has 0 saturated heterocycles. The zero-order valence-corrected chi connectivity index (χ0v) is 17.5. The Hall–Kier alpha value is -2.38. The number of hydrogen-bond donors (Lipinski definition) is 1. The third-order valence-electron chi connectivity index (χ3n) is 4.53. The number of thioether (sulfide) groups is 1. The monoisotopic (exact) mass is 415 g/mol. The Labute approximate surface area is 173 Å². The molecule has 0 fully saturated rings. The van der Waals surface area contributed by atoms with Crippen molar-refractivity contribution in [3.05, 3.63) is 59.1 Å². The molecule has 0 spiro atoms. The van der Waals surface area contributed by atoms with Crippen molar-refractivity contribution in [1.29, 1.82) is 0 Å². The highest BCUT2D eigenvalue weighted by Gasteiger charge is 2.20. The second-order valence-corrected chi connectivity index (χ2v) is 8.24. The number of amides is 1. The second-order valence-electron chi connectivity index (χ2n) is 6.50. The maximum absolute atomic E-state index is 12.8. The van der Waals surface area contributed by atoms with E-state index in [1.807, 2.05) is 37.3 Å². The molecule has 28 heavy (non-hydrogen) atoms. The minimum absolute atomic E-state index is 0.0913. The van der Waals surface area contributed by atoms with E-state index in [4.69, 9.17) is 11.6 Å². The fraction of sp³-hybridized carbons (Fsp3) is 0.300. The Morgan fingerprint density at radius 3 is 2.61 bits per heavy atom. The normalized spacial score (nSPS) is 13.1. The molecule has 1 amide bonds. The Morgan fingerprint density at radius 1 is 1.18 bits per heavy atom. The van der Waals surface area contributed by atoms with Gasteiger partial charge in [0.25, 0.3) is 0 Å². The Morgan fingerprint density at radius 2 is 1.89 bits per heavy atom. The van der Waals surface area contributed by atoms with Gasteiger partial charge in [0.05, 0.1) is 10.9 Å². The molecule has 3 rings (SSSR count). The number of carbonyl (C=O) groups excluding carboxylic acids is 1. The van der Waals surface area contributed by atoms with Gasteiger partial charge in [0.15, 0.2) is 0 Å². The van der Waals surface area contributed by atoms with Crippen LogP contribution in [0.15, 0.2) is 53.7 Å². The molecule has 1 N–H and O–H groups in total. The molecular weight excluding hydrogens is 394 g/mol. The van der Waals surface area contributed by atoms with Gasteiger partial charge in [-0.1, -0.05) is 55.4 Å². The number of hydrogen-bond acceptors (Lipinski definition) is 5. The smallest absolute Gasteiger partial charge is 0.237 e. The van der Waals surface area contributed by atoms with Gasteiger partial charge in [-0.3, -0.25) is 4.79 Å². The molecule has 2 atom stereocenters. The number of nitrogens with one attached hydrogen (secondary N) is 1. The number of para-hydroxylation sites is 1. The molecule has 3 aromatic rings. The zero-order chi connectivity index (χ0) is 20.1. The van der Waals surface area contributed by atoms with Crippen molar-refractivity contribution in [2.45, 2.75) is 43.5 Å². The lowest BCUT2D eigenvalue weighted by molar-refractivity contribution is -0.115. The number of nitrogens with zero attached hydrogens (tertiary/aromatic N) is 4. The Kier molecular flexibility index (Phi) is 6.70. The molecule has 0 radical (unpaired) electrons. The van der Waals surface area contributed by atoms with E-state index in [1.54, 1.807) is 16.8 Å². The van der Waals surface area contributed by atoms with Crippen LogP contribution in [0.5, 0.6) is 0 Å². The number of carbonyl (C=O) groups is 1. The van der Waals surface area contributed by atoms with Crippen molar-refractivity contribution in [2.24, 2.45) is 0 Å². The molecular formula is C20H22ClN5OS. The number of benzene rings is 2. The van der Waals surface area contributed by atoms with Crippen molar-refractivity contribution in [3.8, 4) is 5.69 Å². The minimum atomic E-state index is -0.373. The summed E-state index contributed by atoms with van der Waals surface area (Å²) in [6.45, 7) is 6.13. The molecule has 0 bridgehead atoms. The van der Waals surface area contributed by atoms with Crippen LogP contribution in [0.25, 0.3) is 5.69 Å². The molecule has 6 nitrogen and oxygen atoms in total. The molecule has 1 aromatic heterocycles. The van der Waals surface area contributed by atoms with Gasteiger partial charge in [-0.2, -0.15) is 4.68 Å². The fourth-order valence-electron chi connectivity index (χ4n) is 2.70. The van der Waals surface area contributed by atoms with E-state index in [9.17, 15) is 4.79 Å². The van der Waals surface area contributed by atoms with Crippen molar-refractivity contribution in [3.63, 3.8) is 0 Å². The van der Waals surface area contributed by atoms with E-state index in [1.165, 1.54) is 11.8 Å². The highest BCUT2D eigenvalue weighted by Crippen LogP contribution is 2.28. The van der Waals surface area contributed by atoms with E-state index in [2.05, 4.69) is 40.8 Å². The van der Waals surface area contributed by atoms with E-state index < -0.39 is 0 Å². The van der Waals surface area contributed by atoms with Crippen LogP contribution in [0.4, 0.5) is 5.69 Å². The van der Waals surface area contributed by atoms with E-state index >= 15 is 0 Å². The number of halogens is 1. The molecule has 1 heterocycles. The number of aromatic nitrogens is 4. The summed E-state index contributed by atoms with van der Waals surface area (Å²) in [6, 6.07) is 15.1. The standard InChI is InChI=1S/C20H22ClN5OS/c1-4-13(2)17-7-5-6-8-18(17)22-19(27)14(3)28-20-23-24-25-26(20)16-11-9-15(21)10-12-16/h5-14H,4H2,1-3H3,(H,22,27)/t13-,14-/m0/s1.